The highest BCUT2D eigenvalue weighted by atomic mass is 32.1. The van der Waals surface area contributed by atoms with Crippen molar-refractivity contribution in [1.82, 2.24) is 15.2 Å². The number of nitrogens with zero attached hydrogens (tertiary/aromatic N) is 2. The third kappa shape index (κ3) is 3.43. The van der Waals surface area contributed by atoms with Crippen LogP contribution in [0, 0.1) is 5.82 Å². The molecule has 0 radical (unpaired) electrons. The Morgan fingerprint density at radius 2 is 1.83 bits per heavy atom. The molecule has 0 saturated heterocycles. The summed E-state index contributed by atoms with van der Waals surface area (Å²) in [5.74, 6) is -2.78. The number of nitrogens with one attached hydrogen (secondary N) is 2. The van der Waals surface area contributed by atoms with Crippen LogP contribution in [0.2, 0.25) is 0 Å². The first-order valence-electron chi connectivity index (χ1n) is 6.49. The number of carbonyl (C=O) groups is 1. The molecule has 0 aliphatic rings. The van der Waals surface area contributed by atoms with Crippen LogP contribution in [-0.2, 0) is 6.18 Å². The van der Waals surface area contributed by atoms with Crippen LogP contribution in [0.15, 0.2) is 36.4 Å². The number of carbonyl (C=O) groups excluding carboxylic acids is 1. The third-order valence-electron chi connectivity index (χ3n) is 2.94. The lowest BCUT2D eigenvalue weighted by atomic mass is 10.2. The number of aromatic nitrogens is 3. The maximum absolute atomic E-state index is 12.9. The fourth-order valence-electron chi connectivity index (χ4n) is 1.84. The van der Waals surface area contributed by atoms with Gasteiger partial charge in [0, 0.05) is 4.88 Å². The van der Waals surface area contributed by atoms with Gasteiger partial charge in [0.05, 0.1) is 4.88 Å². The van der Waals surface area contributed by atoms with Gasteiger partial charge in [-0.05, 0) is 29.8 Å². The number of benzene rings is 1. The largest absolute Gasteiger partial charge is 0.451 e. The van der Waals surface area contributed by atoms with Gasteiger partial charge in [-0.2, -0.15) is 18.2 Å². The van der Waals surface area contributed by atoms with Crippen molar-refractivity contribution < 1.29 is 22.4 Å². The summed E-state index contributed by atoms with van der Waals surface area (Å²) in [6.45, 7) is 0. The van der Waals surface area contributed by atoms with Crippen LogP contribution in [0.25, 0.3) is 10.4 Å². The minimum Gasteiger partial charge on any atom is -0.288 e. The Hall–Kier alpha value is -2.75. The first kappa shape index (κ1) is 16.1. The maximum Gasteiger partial charge on any atom is 0.451 e. The molecular weight excluding hydrogens is 348 g/mol. The SMILES string of the molecule is O=C(Nc1n[nH]c(C(F)(F)F)n1)c1ccc(-c2ccc(F)cc2)s1. The molecule has 5 nitrogen and oxygen atoms in total. The fraction of sp³-hybridized carbons (Fsp3) is 0.0714. The highest BCUT2D eigenvalue weighted by Crippen LogP contribution is 2.29. The first-order chi connectivity index (χ1) is 11.3. The summed E-state index contributed by atoms with van der Waals surface area (Å²) in [5.41, 5.74) is 0.720. The second-order valence-corrected chi connectivity index (χ2v) is 5.71. The van der Waals surface area contributed by atoms with E-state index in [1.54, 1.807) is 23.3 Å². The highest BCUT2D eigenvalue weighted by Gasteiger charge is 2.35. The topological polar surface area (TPSA) is 70.7 Å². The zero-order valence-electron chi connectivity index (χ0n) is 11.7. The van der Waals surface area contributed by atoms with Gasteiger partial charge in [-0.25, -0.2) is 4.39 Å². The maximum atomic E-state index is 12.9. The Kier molecular flexibility index (Phi) is 4.06. The van der Waals surface area contributed by atoms with E-state index in [9.17, 15) is 22.4 Å². The van der Waals surface area contributed by atoms with Gasteiger partial charge in [-0.15, -0.1) is 16.4 Å². The molecule has 0 fully saturated rings. The van der Waals surface area contributed by atoms with Crippen molar-refractivity contribution in [3.05, 3.63) is 52.9 Å². The van der Waals surface area contributed by atoms with Gasteiger partial charge in [-0.1, -0.05) is 12.1 Å². The van der Waals surface area contributed by atoms with Crippen molar-refractivity contribution in [2.75, 3.05) is 5.32 Å². The third-order valence-corrected chi connectivity index (χ3v) is 4.07. The van der Waals surface area contributed by atoms with E-state index >= 15 is 0 Å². The van der Waals surface area contributed by atoms with Crippen molar-refractivity contribution in [3.63, 3.8) is 0 Å². The molecule has 0 saturated carbocycles. The molecule has 0 aliphatic carbocycles. The van der Waals surface area contributed by atoms with Gasteiger partial charge < -0.3 is 0 Å². The summed E-state index contributed by atoms with van der Waals surface area (Å²) in [7, 11) is 0. The molecule has 24 heavy (non-hydrogen) atoms. The lowest BCUT2D eigenvalue weighted by Crippen LogP contribution is -2.12. The van der Waals surface area contributed by atoms with Crippen LogP contribution in [0.5, 0.6) is 0 Å². The Bertz CT molecular complexity index is 870. The van der Waals surface area contributed by atoms with E-state index in [-0.39, 0.29) is 10.7 Å². The number of halogens is 4. The molecule has 2 heterocycles. The molecule has 0 spiro atoms. The van der Waals surface area contributed by atoms with Crippen molar-refractivity contribution in [3.8, 4) is 10.4 Å². The van der Waals surface area contributed by atoms with Gasteiger partial charge in [0.2, 0.25) is 11.8 Å². The second-order valence-electron chi connectivity index (χ2n) is 4.63. The van der Waals surface area contributed by atoms with E-state index in [0.717, 1.165) is 16.9 Å². The number of H-pyrrole nitrogens is 1. The van der Waals surface area contributed by atoms with E-state index in [1.165, 1.54) is 18.2 Å². The molecule has 1 aromatic carbocycles. The van der Waals surface area contributed by atoms with Crippen LogP contribution in [-0.4, -0.2) is 21.1 Å². The average molecular weight is 356 g/mol. The predicted octanol–water partition coefficient (Wildman–Crippen LogP) is 3.94. The Morgan fingerprint density at radius 3 is 2.46 bits per heavy atom. The lowest BCUT2D eigenvalue weighted by Gasteiger charge is -1.99. The molecule has 2 aromatic heterocycles. The molecule has 3 aromatic rings. The predicted molar refractivity (Wildman–Crippen MR) is 79.1 cm³/mol. The number of anilines is 1. The van der Waals surface area contributed by atoms with Crippen molar-refractivity contribution in [2.45, 2.75) is 6.18 Å². The standard InChI is InChI=1S/C14H8F4N4OS/c15-8-3-1-7(2-4-8)9-5-6-10(24-9)11(23)19-13-20-12(21-22-13)14(16,17)18/h1-6H,(H2,19,20,21,22,23). The van der Waals surface area contributed by atoms with E-state index in [1.807, 2.05) is 0 Å². The summed E-state index contributed by atoms with van der Waals surface area (Å²) in [4.78, 5) is 16.2. The monoisotopic (exact) mass is 356 g/mol. The lowest BCUT2D eigenvalue weighted by molar-refractivity contribution is -0.144. The van der Waals surface area contributed by atoms with Gasteiger partial charge in [-0.3, -0.25) is 15.2 Å². The van der Waals surface area contributed by atoms with Crippen molar-refractivity contribution >= 4 is 23.2 Å². The minimum absolute atomic E-state index is 0.257. The number of aromatic amines is 1. The summed E-state index contributed by atoms with van der Waals surface area (Å²) < 4.78 is 50.1. The second kappa shape index (κ2) is 6.04. The summed E-state index contributed by atoms with van der Waals surface area (Å²) >= 11 is 1.11. The molecule has 124 valence electrons. The normalized spacial score (nSPS) is 11.5. The molecule has 10 heteroatoms. The van der Waals surface area contributed by atoms with Crippen LogP contribution >= 0.6 is 11.3 Å². The molecule has 0 bridgehead atoms. The van der Waals surface area contributed by atoms with Gasteiger partial charge >= 0.3 is 6.18 Å². The van der Waals surface area contributed by atoms with Crippen molar-refractivity contribution in [2.24, 2.45) is 0 Å². The first-order valence-corrected chi connectivity index (χ1v) is 7.31. The Balaban J connectivity index is 1.74. The molecule has 2 N–H and O–H groups in total. The quantitative estimate of drug-likeness (QED) is 0.698. The summed E-state index contributed by atoms with van der Waals surface area (Å²) in [6, 6.07) is 8.88. The Labute approximate surface area is 136 Å². The zero-order valence-corrected chi connectivity index (χ0v) is 12.5. The number of thiophene rings is 1. The van der Waals surface area contributed by atoms with Crippen LogP contribution in [0.3, 0.4) is 0 Å². The van der Waals surface area contributed by atoms with E-state index in [4.69, 9.17) is 0 Å². The van der Waals surface area contributed by atoms with Crippen LogP contribution in [0.1, 0.15) is 15.5 Å². The smallest absolute Gasteiger partial charge is 0.288 e. The molecule has 0 unspecified atom stereocenters. The van der Waals surface area contributed by atoms with Crippen LogP contribution in [0.4, 0.5) is 23.5 Å². The number of hydrogen-bond acceptors (Lipinski definition) is 4. The highest BCUT2D eigenvalue weighted by molar-refractivity contribution is 7.17. The fourth-order valence-corrected chi connectivity index (χ4v) is 2.74. The number of alkyl halides is 3. The summed E-state index contributed by atoms with van der Waals surface area (Å²) in [5, 5.41) is 7.19. The Morgan fingerprint density at radius 1 is 1.12 bits per heavy atom. The van der Waals surface area contributed by atoms with Gasteiger partial charge in [0.15, 0.2) is 0 Å². The molecule has 1 amide bonds. The molecule has 0 aliphatic heterocycles. The van der Waals surface area contributed by atoms with E-state index in [0.29, 0.717) is 4.88 Å². The minimum atomic E-state index is -4.67. The summed E-state index contributed by atoms with van der Waals surface area (Å²) in [6.07, 6.45) is -4.67. The van der Waals surface area contributed by atoms with Crippen molar-refractivity contribution in [1.29, 1.82) is 0 Å². The molecular formula is C14H8F4N4OS. The molecule has 0 atom stereocenters. The van der Waals surface area contributed by atoms with E-state index < -0.39 is 23.9 Å². The number of rotatable bonds is 3. The van der Waals surface area contributed by atoms with E-state index in [2.05, 4.69) is 15.4 Å². The van der Waals surface area contributed by atoms with Gasteiger partial charge in [0.25, 0.3) is 5.91 Å². The van der Waals surface area contributed by atoms with Gasteiger partial charge in [0.1, 0.15) is 5.82 Å². The average Bonchev–Trinajstić information content (AvgIpc) is 3.16. The molecule has 3 rings (SSSR count). The zero-order chi connectivity index (χ0) is 17.3. The van der Waals surface area contributed by atoms with Crippen LogP contribution < -0.4 is 5.32 Å². The number of amides is 1. The number of hydrogen-bond donors (Lipinski definition) is 2.